The summed E-state index contributed by atoms with van der Waals surface area (Å²) in [5.41, 5.74) is -1.80. The summed E-state index contributed by atoms with van der Waals surface area (Å²) in [6, 6.07) is 0. The van der Waals surface area contributed by atoms with Gasteiger partial charge < -0.3 is 9.47 Å². The molecule has 0 bridgehead atoms. The van der Waals surface area contributed by atoms with E-state index in [1.54, 1.807) is 0 Å². The molecule has 1 saturated heterocycles. The quantitative estimate of drug-likeness (QED) is 0.609. The van der Waals surface area contributed by atoms with Crippen LogP contribution in [0.4, 0.5) is 0 Å². The lowest BCUT2D eigenvalue weighted by atomic mass is 9.84. The first-order valence-electron chi connectivity index (χ1n) is 6.94. The smallest absolute Gasteiger partial charge is 0.336 e. The maximum atomic E-state index is 11.9. The predicted molar refractivity (Wildman–Crippen MR) is 75.5 cm³/mol. The van der Waals surface area contributed by atoms with Crippen molar-refractivity contribution in [2.75, 3.05) is 26.4 Å². The average molecular weight is 299 g/mol. The van der Waals surface area contributed by atoms with Crippen LogP contribution >= 0.6 is 0 Å². The lowest BCUT2D eigenvalue weighted by molar-refractivity contribution is -0.150. The SMILES string of the molecule is CCC1(COCCn2c(=O)n(C)c(=O)n(C)c2=O)COC1. The van der Waals surface area contributed by atoms with E-state index in [0.717, 1.165) is 20.1 Å². The normalized spacial score (nSPS) is 16.7. The Morgan fingerprint density at radius 3 is 2.10 bits per heavy atom. The molecular weight excluding hydrogens is 278 g/mol. The molecule has 1 aromatic heterocycles. The van der Waals surface area contributed by atoms with E-state index in [4.69, 9.17) is 9.47 Å². The summed E-state index contributed by atoms with van der Waals surface area (Å²) in [5.74, 6) is 0. The van der Waals surface area contributed by atoms with E-state index >= 15 is 0 Å². The largest absolute Gasteiger partial charge is 0.380 e. The first kappa shape index (κ1) is 15.7. The van der Waals surface area contributed by atoms with E-state index < -0.39 is 17.1 Å². The van der Waals surface area contributed by atoms with E-state index in [0.29, 0.717) is 19.8 Å². The number of rotatable bonds is 6. The molecule has 1 aliphatic rings. The van der Waals surface area contributed by atoms with Gasteiger partial charge in [-0.15, -0.1) is 0 Å². The van der Waals surface area contributed by atoms with Gasteiger partial charge in [0.2, 0.25) is 0 Å². The molecule has 0 radical (unpaired) electrons. The van der Waals surface area contributed by atoms with Crippen molar-refractivity contribution in [1.82, 2.24) is 13.7 Å². The molecule has 0 aliphatic carbocycles. The van der Waals surface area contributed by atoms with Gasteiger partial charge in [-0.1, -0.05) is 6.92 Å². The Kier molecular flexibility index (Phi) is 4.48. The third kappa shape index (κ3) is 2.86. The summed E-state index contributed by atoms with van der Waals surface area (Å²) in [6.45, 7) is 4.37. The molecule has 21 heavy (non-hydrogen) atoms. The summed E-state index contributed by atoms with van der Waals surface area (Å²) < 4.78 is 13.6. The lowest BCUT2D eigenvalue weighted by Gasteiger charge is -2.40. The van der Waals surface area contributed by atoms with Gasteiger partial charge in [-0.25, -0.2) is 28.1 Å². The number of aromatic nitrogens is 3. The van der Waals surface area contributed by atoms with Gasteiger partial charge in [0.25, 0.3) is 0 Å². The standard InChI is InChI=1S/C13H21N3O5/c1-4-13(8-21-9-13)7-20-6-5-16-11(18)14(2)10(17)15(3)12(16)19/h4-9H2,1-3H3. The average Bonchev–Trinajstić information content (AvgIpc) is 2.44. The minimum absolute atomic E-state index is 0.0689. The second kappa shape index (κ2) is 5.98. The minimum atomic E-state index is -0.626. The minimum Gasteiger partial charge on any atom is -0.380 e. The molecule has 118 valence electrons. The zero-order chi connectivity index (χ0) is 15.6. The van der Waals surface area contributed by atoms with E-state index in [1.807, 2.05) is 0 Å². The highest BCUT2D eigenvalue weighted by Crippen LogP contribution is 2.31. The molecule has 0 unspecified atom stereocenters. The van der Waals surface area contributed by atoms with E-state index in [-0.39, 0.29) is 18.6 Å². The van der Waals surface area contributed by atoms with Crippen LogP contribution in [0.2, 0.25) is 0 Å². The fourth-order valence-electron chi connectivity index (χ4n) is 2.25. The van der Waals surface area contributed by atoms with Crippen molar-refractivity contribution in [2.45, 2.75) is 19.9 Å². The van der Waals surface area contributed by atoms with Crippen molar-refractivity contribution in [3.63, 3.8) is 0 Å². The molecule has 1 aliphatic heterocycles. The maximum Gasteiger partial charge on any atom is 0.336 e. The van der Waals surface area contributed by atoms with Gasteiger partial charge in [-0.2, -0.15) is 0 Å². The van der Waals surface area contributed by atoms with Crippen LogP contribution in [0, 0.1) is 5.41 Å². The Morgan fingerprint density at radius 2 is 1.67 bits per heavy atom. The van der Waals surface area contributed by atoms with Gasteiger partial charge >= 0.3 is 17.1 Å². The molecule has 8 nitrogen and oxygen atoms in total. The number of ether oxygens (including phenoxy) is 2. The van der Waals surface area contributed by atoms with Gasteiger partial charge in [-0.05, 0) is 6.42 Å². The topological polar surface area (TPSA) is 84.5 Å². The van der Waals surface area contributed by atoms with Crippen LogP contribution in [0.25, 0.3) is 0 Å². The second-order valence-corrected chi connectivity index (χ2v) is 5.52. The maximum absolute atomic E-state index is 11.9. The Hall–Kier alpha value is -1.67. The van der Waals surface area contributed by atoms with Gasteiger partial charge in [0.05, 0.1) is 33.0 Å². The summed E-state index contributed by atoms with van der Waals surface area (Å²) >= 11 is 0. The Bertz CT molecular complexity index is 635. The molecule has 0 amide bonds. The number of hydrogen-bond donors (Lipinski definition) is 0. The number of nitrogens with zero attached hydrogens (tertiary/aromatic N) is 3. The molecule has 1 aromatic rings. The van der Waals surface area contributed by atoms with Crippen LogP contribution in [0.5, 0.6) is 0 Å². The van der Waals surface area contributed by atoms with E-state index in [2.05, 4.69) is 6.92 Å². The summed E-state index contributed by atoms with van der Waals surface area (Å²) in [5, 5.41) is 0. The molecule has 0 N–H and O–H groups in total. The van der Waals surface area contributed by atoms with Crippen molar-refractivity contribution in [1.29, 1.82) is 0 Å². The van der Waals surface area contributed by atoms with Crippen LogP contribution in [0.1, 0.15) is 13.3 Å². The third-order valence-electron chi connectivity index (χ3n) is 4.04. The molecule has 0 spiro atoms. The zero-order valence-corrected chi connectivity index (χ0v) is 12.6. The zero-order valence-electron chi connectivity index (χ0n) is 12.6. The molecule has 0 aromatic carbocycles. The van der Waals surface area contributed by atoms with Crippen LogP contribution < -0.4 is 17.1 Å². The highest BCUT2D eigenvalue weighted by Gasteiger charge is 2.36. The van der Waals surface area contributed by atoms with Crippen molar-refractivity contribution >= 4 is 0 Å². The van der Waals surface area contributed by atoms with Crippen molar-refractivity contribution < 1.29 is 9.47 Å². The van der Waals surface area contributed by atoms with Crippen LogP contribution in [0.3, 0.4) is 0 Å². The summed E-state index contributed by atoms with van der Waals surface area (Å²) in [4.78, 5) is 35.4. The Balaban J connectivity index is 2.03. The highest BCUT2D eigenvalue weighted by molar-refractivity contribution is 4.84. The van der Waals surface area contributed by atoms with Gasteiger partial charge in [-0.3, -0.25) is 0 Å². The second-order valence-electron chi connectivity index (χ2n) is 5.52. The van der Waals surface area contributed by atoms with Crippen molar-refractivity contribution in [3.05, 3.63) is 31.5 Å². The summed E-state index contributed by atoms with van der Waals surface area (Å²) in [6.07, 6.45) is 0.967. The monoisotopic (exact) mass is 299 g/mol. The first-order valence-corrected chi connectivity index (χ1v) is 6.94. The fraction of sp³-hybridized carbons (Fsp3) is 0.769. The fourth-order valence-corrected chi connectivity index (χ4v) is 2.25. The van der Waals surface area contributed by atoms with Crippen LogP contribution in [0.15, 0.2) is 14.4 Å². The van der Waals surface area contributed by atoms with Crippen molar-refractivity contribution in [2.24, 2.45) is 19.5 Å². The van der Waals surface area contributed by atoms with Gasteiger partial charge in [0, 0.05) is 19.5 Å². The summed E-state index contributed by atoms with van der Waals surface area (Å²) in [7, 11) is 2.69. The predicted octanol–water partition coefficient (Wildman–Crippen LogP) is -1.31. The number of hydrogen-bond acceptors (Lipinski definition) is 5. The van der Waals surface area contributed by atoms with Gasteiger partial charge in [0.15, 0.2) is 0 Å². The van der Waals surface area contributed by atoms with Crippen molar-refractivity contribution in [3.8, 4) is 0 Å². The van der Waals surface area contributed by atoms with Crippen LogP contribution in [-0.4, -0.2) is 40.1 Å². The Morgan fingerprint density at radius 1 is 1.10 bits per heavy atom. The Labute approximate surface area is 121 Å². The van der Waals surface area contributed by atoms with Gasteiger partial charge in [0.1, 0.15) is 0 Å². The van der Waals surface area contributed by atoms with E-state index in [9.17, 15) is 14.4 Å². The van der Waals surface area contributed by atoms with Crippen LogP contribution in [-0.2, 0) is 30.1 Å². The highest BCUT2D eigenvalue weighted by atomic mass is 16.5. The molecule has 2 heterocycles. The molecule has 0 atom stereocenters. The molecule has 0 saturated carbocycles. The molecular formula is C13H21N3O5. The first-order chi connectivity index (χ1) is 9.92. The van der Waals surface area contributed by atoms with E-state index in [1.165, 1.54) is 14.1 Å². The molecule has 1 fully saturated rings. The lowest BCUT2D eigenvalue weighted by Crippen LogP contribution is -2.53. The molecule has 2 rings (SSSR count). The third-order valence-corrected chi connectivity index (χ3v) is 4.04. The molecule has 8 heteroatoms.